The van der Waals surface area contributed by atoms with Gasteiger partial charge in [0, 0.05) is 6.04 Å². The summed E-state index contributed by atoms with van der Waals surface area (Å²) in [6.07, 6.45) is 3.95. The molecule has 0 aromatic heterocycles. The second-order valence-electron chi connectivity index (χ2n) is 6.72. The lowest BCUT2D eigenvalue weighted by molar-refractivity contribution is -0.0367. The van der Waals surface area contributed by atoms with Crippen molar-refractivity contribution < 1.29 is 9.84 Å². The molecule has 1 rings (SSSR count). The highest BCUT2D eigenvalue weighted by molar-refractivity contribution is 4.85. The normalized spacial score (nSPS) is 32.5. The van der Waals surface area contributed by atoms with Crippen LogP contribution in [0.1, 0.15) is 53.9 Å². The van der Waals surface area contributed by atoms with E-state index in [1.807, 2.05) is 6.92 Å². The molecule has 3 nitrogen and oxygen atoms in total. The van der Waals surface area contributed by atoms with E-state index in [1.165, 1.54) is 6.42 Å². The van der Waals surface area contributed by atoms with Crippen molar-refractivity contribution in [1.29, 1.82) is 0 Å². The first-order valence-corrected chi connectivity index (χ1v) is 7.36. The largest absolute Gasteiger partial charge is 0.394 e. The number of nitrogens with one attached hydrogen (secondary N) is 1. The summed E-state index contributed by atoms with van der Waals surface area (Å²) in [5, 5.41) is 12.9. The third-order valence-corrected chi connectivity index (χ3v) is 4.17. The molecule has 0 aliphatic heterocycles. The van der Waals surface area contributed by atoms with Crippen molar-refractivity contribution in [2.45, 2.75) is 71.6 Å². The van der Waals surface area contributed by atoms with Gasteiger partial charge in [-0.05, 0) is 38.0 Å². The molecule has 1 aliphatic carbocycles. The molecule has 0 radical (unpaired) electrons. The third kappa shape index (κ3) is 4.87. The van der Waals surface area contributed by atoms with E-state index in [0.29, 0.717) is 18.8 Å². The monoisotopic (exact) mass is 257 g/mol. The molecule has 0 spiro atoms. The zero-order valence-electron chi connectivity index (χ0n) is 12.7. The molecule has 3 heteroatoms. The lowest BCUT2D eigenvalue weighted by Crippen LogP contribution is -2.53. The van der Waals surface area contributed by atoms with Crippen molar-refractivity contribution in [2.24, 2.45) is 11.8 Å². The van der Waals surface area contributed by atoms with Crippen LogP contribution in [-0.4, -0.2) is 36.0 Å². The van der Waals surface area contributed by atoms with E-state index in [1.54, 1.807) is 0 Å². The summed E-state index contributed by atoms with van der Waals surface area (Å²) in [7, 11) is 0. The number of rotatable bonds is 6. The van der Waals surface area contributed by atoms with E-state index >= 15 is 0 Å². The first-order chi connectivity index (χ1) is 8.36. The number of aliphatic hydroxyl groups excluding tert-OH is 1. The van der Waals surface area contributed by atoms with Gasteiger partial charge >= 0.3 is 0 Å². The Bertz CT molecular complexity index is 245. The molecule has 0 heterocycles. The Morgan fingerprint density at radius 2 is 1.94 bits per heavy atom. The summed E-state index contributed by atoms with van der Waals surface area (Å²) < 4.78 is 6.04. The van der Waals surface area contributed by atoms with Crippen LogP contribution in [0, 0.1) is 11.8 Å². The van der Waals surface area contributed by atoms with Gasteiger partial charge in [0.15, 0.2) is 0 Å². The van der Waals surface area contributed by atoms with Crippen molar-refractivity contribution >= 4 is 0 Å². The number of hydrogen-bond donors (Lipinski definition) is 2. The van der Waals surface area contributed by atoms with Crippen molar-refractivity contribution in [3.05, 3.63) is 0 Å². The highest BCUT2D eigenvalue weighted by Crippen LogP contribution is 2.31. The lowest BCUT2D eigenvalue weighted by Gasteiger charge is -2.36. The van der Waals surface area contributed by atoms with E-state index < -0.39 is 0 Å². The molecule has 1 fully saturated rings. The Hall–Kier alpha value is -0.120. The molecule has 1 saturated carbocycles. The third-order valence-electron chi connectivity index (χ3n) is 4.17. The van der Waals surface area contributed by atoms with E-state index in [4.69, 9.17) is 4.74 Å². The van der Waals surface area contributed by atoms with Crippen LogP contribution in [-0.2, 0) is 4.74 Å². The van der Waals surface area contributed by atoms with Crippen LogP contribution in [0.15, 0.2) is 0 Å². The van der Waals surface area contributed by atoms with Crippen LogP contribution in [0.2, 0.25) is 0 Å². The van der Waals surface area contributed by atoms with Gasteiger partial charge in [-0.25, -0.2) is 0 Å². The summed E-state index contributed by atoms with van der Waals surface area (Å²) >= 11 is 0. The molecule has 18 heavy (non-hydrogen) atoms. The number of hydrogen-bond acceptors (Lipinski definition) is 3. The van der Waals surface area contributed by atoms with Gasteiger partial charge in [0.05, 0.1) is 24.9 Å². The van der Waals surface area contributed by atoms with Crippen LogP contribution in [0.4, 0.5) is 0 Å². The van der Waals surface area contributed by atoms with Gasteiger partial charge in [0.25, 0.3) is 0 Å². The average Bonchev–Trinajstić information content (AvgIpc) is 2.30. The van der Waals surface area contributed by atoms with Crippen LogP contribution in [0.5, 0.6) is 0 Å². The molecule has 0 aromatic carbocycles. The fourth-order valence-electron chi connectivity index (χ4n) is 2.78. The average molecular weight is 257 g/mol. The van der Waals surface area contributed by atoms with Gasteiger partial charge in [-0.2, -0.15) is 0 Å². The van der Waals surface area contributed by atoms with Crippen molar-refractivity contribution in [3.8, 4) is 0 Å². The molecule has 4 atom stereocenters. The van der Waals surface area contributed by atoms with Crippen molar-refractivity contribution in [1.82, 2.24) is 5.32 Å². The predicted molar refractivity (Wildman–Crippen MR) is 75.7 cm³/mol. The van der Waals surface area contributed by atoms with Crippen molar-refractivity contribution in [2.75, 3.05) is 13.2 Å². The van der Waals surface area contributed by atoms with Gasteiger partial charge in [-0.15, -0.1) is 0 Å². The van der Waals surface area contributed by atoms with E-state index in [-0.39, 0.29) is 12.1 Å². The van der Waals surface area contributed by atoms with Gasteiger partial charge in [0.1, 0.15) is 0 Å². The lowest BCUT2D eigenvalue weighted by atomic mass is 9.80. The number of aliphatic hydroxyl groups is 1. The molecular formula is C15H31NO2. The molecule has 4 unspecified atom stereocenters. The Morgan fingerprint density at radius 1 is 1.28 bits per heavy atom. The molecule has 1 aliphatic rings. The Balaban J connectivity index is 2.39. The summed E-state index contributed by atoms with van der Waals surface area (Å²) in [5.74, 6) is 1.57. The summed E-state index contributed by atoms with van der Waals surface area (Å²) in [6, 6.07) is 0.357. The van der Waals surface area contributed by atoms with E-state index in [9.17, 15) is 5.11 Å². The molecule has 0 bridgehead atoms. The van der Waals surface area contributed by atoms with Gasteiger partial charge in [-0.1, -0.05) is 27.7 Å². The van der Waals surface area contributed by atoms with Gasteiger partial charge < -0.3 is 15.2 Å². The molecular weight excluding hydrogens is 226 g/mol. The zero-order chi connectivity index (χ0) is 13.8. The zero-order valence-corrected chi connectivity index (χ0v) is 12.7. The summed E-state index contributed by atoms with van der Waals surface area (Å²) in [4.78, 5) is 0. The van der Waals surface area contributed by atoms with Crippen LogP contribution in [0.25, 0.3) is 0 Å². The molecule has 108 valence electrons. The Kier molecular flexibility index (Phi) is 6.09. The maximum Gasteiger partial charge on any atom is 0.0671 e. The van der Waals surface area contributed by atoms with Gasteiger partial charge in [0.2, 0.25) is 0 Å². The number of ether oxygens (including phenoxy) is 1. The quantitative estimate of drug-likeness (QED) is 0.768. The predicted octanol–water partition coefficient (Wildman–Crippen LogP) is 2.58. The van der Waals surface area contributed by atoms with E-state index in [2.05, 4.69) is 33.0 Å². The molecule has 2 N–H and O–H groups in total. The minimum absolute atomic E-state index is 0.115. The SMILES string of the molecule is CC(C)NC(C)(CO)COC1CCC(C)C(C)C1. The van der Waals surface area contributed by atoms with Crippen LogP contribution >= 0.6 is 0 Å². The topological polar surface area (TPSA) is 41.5 Å². The fraction of sp³-hybridized carbons (Fsp3) is 1.00. The molecule has 0 saturated heterocycles. The molecule has 0 aromatic rings. The Labute approximate surface area is 112 Å². The second-order valence-corrected chi connectivity index (χ2v) is 6.72. The van der Waals surface area contributed by atoms with Crippen LogP contribution < -0.4 is 5.32 Å². The van der Waals surface area contributed by atoms with E-state index in [0.717, 1.165) is 24.7 Å². The standard InChI is InChI=1S/C15H31NO2/c1-11(2)16-15(5,9-17)10-18-14-7-6-12(3)13(4)8-14/h11-14,16-17H,6-10H2,1-5H3. The maximum atomic E-state index is 9.52. The first kappa shape index (κ1) is 15.9. The minimum atomic E-state index is -0.319. The highest BCUT2D eigenvalue weighted by atomic mass is 16.5. The minimum Gasteiger partial charge on any atom is -0.394 e. The van der Waals surface area contributed by atoms with Crippen molar-refractivity contribution in [3.63, 3.8) is 0 Å². The first-order valence-electron chi connectivity index (χ1n) is 7.36. The Morgan fingerprint density at radius 3 is 2.44 bits per heavy atom. The second kappa shape index (κ2) is 6.88. The van der Waals surface area contributed by atoms with Crippen LogP contribution in [0.3, 0.4) is 0 Å². The highest BCUT2D eigenvalue weighted by Gasteiger charge is 2.29. The molecule has 0 amide bonds. The fourth-order valence-corrected chi connectivity index (χ4v) is 2.78. The smallest absolute Gasteiger partial charge is 0.0671 e. The summed E-state index contributed by atoms with van der Waals surface area (Å²) in [5.41, 5.74) is -0.319. The van der Waals surface area contributed by atoms with Gasteiger partial charge in [-0.3, -0.25) is 0 Å². The summed E-state index contributed by atoms with van der Waals surface area (Å²) in [6.45, 7) is 11.6. The maximum absolute atomic E-state index is 9.52.